The van der Waals surface area contributed by atoms with Crippen LogP contribution < -0.4 is 10.3 Å². The van der Waals surface area contributed by atoms with Crippen molar-refractivity contribution in [3.05, 3.63) is 52.7 Å². The Labute approximate surface area is 174 Å². The molecular formula is C22H26N6O2. The summed E-state index contributed by atoms with van der Waals surface area (Å²) in [6.07, 6.45) is 3.62. The monoisotopic (exact) mass is 406 g/mol. The van der Waals surface area contributed by atoms with Crippen molar-refractivity contribution in [2.45, 2.75) is 46.7 Å². The van der Waals surface area contributed by atoms with Crippen LogP contribution in [0.15, 0.2) is 41.5 Å². The largest absolute Gasteiger partial charge is 0.425 e. The molecule has 4 aromatic rings. The molecule has 0 saturated carbocycles. The third kappa shape index (κ3) is 3.38. The van der Waals surface area contributed by atoms with Gasteiger partial charge in [0.2, 0.25) is 0 Å². The van der Waals surface area contributed by atoms with Crippen molar-refractivity contribution >= 4 is 11.0 Å². The van der Waals surface area contributed by atoms with Crippen molar-refractivity contribution in [2.75, 3.05) is 0 Å². The van der Waals surface area contributed by atoms with Crippen molar-refractivity contribution in [3.63, 3.8) is 0 Å². The summed E-state index contributed by atoms with van der Waals surface area (Å²) in [4.78, 5) is 17.2. The molecule has 0 aliphatic rings. The summed E-state index contributed by atoms with van der Waals surface area (Å²) in [5.41, 5.74) is 3.46. The van der Waals surface area contributed by atoms with E-state index in [0.717, 1.165) is 16.8 Å². The number of aromatic nitrogens is 6. The van der Waals surface area contributed by atoms with Crippen LogP contribution in [0, 0.1) is 6.92 Å². The van der Waals surface area contributed by atoms with Crippen molar-refractivity contribution < 1.29 is 4.74 Å². The van der Waals surface area contributed by atoms with E-state index in [1.165, 1.54) is 4.57 Å². The van der Waals surface area contributed by atoms with Crippen LogP contribution in [0.2, 0.25) is 0 Å². The molecule has 0 fully saturated rings. The maximum absolute atomic E-state index is 12.7. The zero-order chi connectivity index (χ0) is 21.6. The number of fused-ring (bicyclic) bond motifs is 1. The van der Waals surface area contributed by atoms with Gasteiger partial charge in [-0.2, -0.15) is 15.2 Å². The SMILES string of the molecule is Cc1nn(C(C)C)cc1-c1ccc(Oc2nc3c(cnn3C(C)C)c(=O)n2C)cc1. The fourth-order valence-electron chi connectivity index (χ4n) is 3.36. The van der Waals surface area contributed by atoms with E-state index >= 15 is 0 Å². The molecule has 0 saturated heterocycles. The van der Waals surface area contributed by atoms with Crippen molar-refractivity contribution in [1.82, 2.24) is 29.1 Å². The van der Waals surface area contributed by atoms with Crippen molar-refractivity contribution in [1.29, 1.82) is 0 Å². The van der Waals surface area contributed by atoms with Crippen molar-refractivity contribution in [2.24, 2.45) is 7.05 Å². The van der Waals surface area contributed by atoms with Gasteiger partial charge in [0.15, 0.2) is 5.65 Å². The lowest BCUT2D eigenvalue weighted by Gasteiger charge is -2.11. The van der Waals surface area contributed by atoms with Gasteiger partial charge in [-0.1, -0.05) is 12.1 Å². The third-order valence-corrected chi connectivity index (χ3v) is 5.10. The van der Waals surface area contributed by atoms with Gasteiger partial charge in [-0.25, -0.2) is 4.68 Å². The van der Waals surface area contributed by atoms with Gasteiger partial charge in [0, 0.05) is 30.9 Å². The summed E-state index contributed by atoms with van der Waals surface area (Å²) >= 11 is 0. The summed E-state index contributed by atoms with van der Waals surface area (Å²) in [5.74, 6) is 0.602. The van der Waals surface area contributed by atoms with E-state index in [2.05, 4.69) is 35.2 Å². The van der Waals surface area contributed by atoms with E-state index < -0.39 is 0 Å². The summed E-state index contributed by atoms with van der Waals surface area (Å²) in [6.45, 7) is 10.2. The fourth-order valence-corrected chi connectivity index (χ4v) is 3.36. The molecule has 0 atom stereocenters. The molecule has 0 aliphatic carbocycles. The normalized spacial score (nSPS) is 11.7. The number of benzene rings is 1. The highest BCUT2D eigenvalue weighted by Gasteiger charge is 2.16. The Morgan fingerprint density at radius 2 is 1.73 bits per heavy atom. The van der Waals surface area contributed by atoms with E-state index in [9.17, 15) is 4.79 Å². The van der Waals surface area contributed by atoms with Crippen LogP contribution in [0.3, 0.4) is 0 Å². The second-order valence-corrected chi connectivity index (χ2v) is 8.01. The topological polar surface area (TPSA) is 79.8 Å². The highest BCUT2D eigenvalue weighted by molar-refractivity contribution is 5.74. The zero-order valence-corrected chi connectivity index (χ0v) is 18.1. The highest BCUT2D eigenvalue weighted by Crippen LogP contribution is 2.28. The molecule has 0 radical (unpaired) electrons. The van der Waals surface area contributed by atoms with Crippen LogP contribution in [0.4, 0.5) is 0 Å². The molecule has 0 unspecified atom stereocenters. The van der Waals surface area contributed by atoms with E-state index in [4.69, 9.17) is 4.74 Å². The molecular weight excluding hydrogens is 380 g/mol. The molecule has 8 nitrogen and oxygen atoms in total. The van der Waals surface area contributed by atoms with Gasteiger partial charge >= 0.3 is 6.01 Å². The summed E-state index contributed by atoms with van der Waals surface area (Å²) in [6, 6.07) is 8.34. The number of hydrogen-bond acceptors (Lipinski definition) is 5. The van der Waals surface area contributed by atoms with Gasteiger partial charge in [-0.15, -0.1) is 0 Å². The lowest BCUT2D eigenvalue weighted by atomic mass is 10.1. The van der Waals surface area contributed by atoms with Crippen LogP contribution in [-0.2, 0) is 7.05 Å². The molecule has 0 amide bonds. The molecule has 3 aromatic heterocycles. The molecule has 8 heteroatoms. The Balaban J connectivity index is 1.67. The molecule has 0 aliphatic heterocycles. The zero-order valence-electron chi connectivity index (χ0n) is 18.1. The van der Waals surface area contributed by atoms with Gasteiger partial charge in [-0.3, -0.25) is 14.0 Å². The van der Waals surface area contributed by atoms with Gasteiger partial charge in [0.1, 0.15) is 11.1 Å². The Hall–Kier alpha value is -3.42. The third-order valence-electron chi connectivity index (χ3n) is 5.10. The minimum atomic E-state index is -0.185. The number of ether oxygens (including phenoxy) is 1. The average Bonchev–Trinajstić information content (AvgIpc) is 3.30. The molecule has 0 bridgehead atoms. The van der Waals surface area contributed by atoms with Crippen LogP contribution in [0.1, 0.15) is 45.5 Å². The Morgan fingerprint density at radius 3 is 2.33 bits per heavy atom. The molecule has 30 heavy (non-hydrogen) atoms. The molecule has 0 spiro atoms. The number of hydrogen-bond donors (Lipinski definition) is 0. The summed E-state index contributed by atoms with van der Waals surface area (Å²) < 4.78 is 11.0. The summed E-state index contributed by atoms with van der Waals surface area (Å²) in [7, 11) is 1.65. The predicted octanol–water partition coefficient (Wildman–Crippen LogP) is 4.26. The first-order valence-corrected chi connectivity index (χ1v) is 10.0. The molecule has 1 aromatic carbocycles. The first-order valence-electron chi connectivity index (χ1n) is 10.0. The first-order chi connectivity index (χ1) is 14.3. The smallest absolute Gasteiger partial charge is 0.306 e. The first kappa shape index (κ1) is 19.9. The van der Waals surface area contributed by atoms with E-state index in [1.807, 2.05) is 49.7 Å². The van der Waals surface area contributed by atoms with Gasteiger partial charge in [0.25, 0.3) is 5.56 Å². The Kier molecular flexibility index (Phi) is 4.93. The summed E-state index contributed by atoms with van der Waals surface area (Å²) in [5, 5.41) is 9.34. The van der Waals surface area contributed by atoms with E-state index in [1.54, 1.807) is 17.9 Å². The standard InChI is InChI=1S/C22H26N6O2/c1-13(2)27-12-19(15(5)25-27)16-7-9-17(10-8-16)30-22-24-20-18(21(29)26(22)6)11-23-28(20)14(3)4/h7-14H,1-6H3. The van der Waals surface area contributed by atoms with Gasteiger partial charge in [0.05, 0.1) is 11.9 Å². The minimum absolute atomic E-state index is 0.0873. The van der Waals surface area contributed by atoms with E-state index in [-0.39, 0.29) is 17.6 Å². The molecule has 3 heterocycles. The molecule has 0 N–H and O–H groups in total. The Morgan fingerprint density at radius 1 is 1.03 bits per heavy atom. The number of aryl methyl sites for hydroxylation is 1. The lowest BCUT2D eigenvalue weighted by Crippen LogP contribution is -2.20. The quantitative estimate of drug-likeness (QED) is 0.495. The predicted molar refractivity (Wildman–Crippen MR) is 116 cm³/mol. The van der Waals surface area contributed by atoms with Gasteiger partial charge in [-0.05, 0) is 52.3 Å². The number of rotatable bonds is 5. The lowest BCUT2D eigenvalue weighted by molar-refractivity contribution is 0.413. The maximum atomic E-state index is 12.7. The number of nitrogens with zero attached hydrogens (tertiary/aromatic N) is 6. The van der Waals surface area contributed by atoms with Crippen LogP contribution >= 0.6 is 0 Å². The highest BCUT2D eigenvalue weighted by atomic mass is 16.5. The fraction of sp³-hybridized carbons (Fsp3) is 0.364. The van der Waals surface area contributed by atoms with Crippen LogP contribution in [-0.4, -0.2) is 29.1 Å². The minimum Gasteiger partial charge on any atom is -0.425 e. The van der Waals surface area contributed by atoms with Crippen molar-refractivity contribution in [3.8, 4) is 22.9 Å². The maximum Gasteiger partial charge on any atom is 0.306 e. The van der Waals surface area contributed by atoms with E-state index in [0.29, 0.717) is 22.8 Å². The van der Waals surface area contributed by atoms with Gasteiger partial charge < -0.3 is 4.74 Å². The Bertz CT molecular complexity index is 1260. The molecule has 4 rings (SSSR count). The van der Waals surface area contributed by atoms with Crippen LogP contribution in [0.25, 0.3) is 22.2 Å². The molecule has 156 valence electrons. The second-order valence-electron chi connectivity index (χ2n) is 8.01. The average molecular weight is 406 g/mol. The van der Waals surface area contributed by atoms with Crippen LogP contribution in [0.5, 0.6) is 11.8 Å². The second kappa shape index (κ2) is 7.44.